The SMILES string of the molecule is CCCN1Cc2nc(CCc3ccc(F)cc3)c(-c3nnc(C)o3)c(-c3ccc(C(=O)NC4COc5ccccc54)s3)c2C1=O. The maximum Gasteiger partial charge on any atom is 0.261 e. The zero-order chi connectivity index (χ0) is 31.1. The van der Waals surface area contributed by atoms with Crippen molar-refractivity contribution in [2.45, 2.75) is 45.7 Å². The molecular weight excluding hydrogens is 593 g/mol. The molecule has 7 rings (SSSR count). The second-order valence-corrected chi connectivity index (χ2v) is 12.2. The van der Waals surface area contributed by atoms with Crippen LogP contribution in [0.15, 0.2) is 65.1 Å². The van der Waals surface area contributed by atoms with E-state index >= 15 is 0 Å². The Labute approximate surface area is 263 Å². The largest absolute Gasteiger partial charge is 0.491 e. The lowest BCUT2D eigenvalue weighted by atomic mass is 9.94. The lowest BCUT2D eigenvalue weighted by molar-refractivity contribution is 0.0778. The summed E-state index contributed by atoms with van der Waals surface area (Å²) in [5.41, 5.74) is 4.97. The van der Waals surface area contributed by atoms with Crippen molar-refractivity contribution in [3.8, 4) is 27.6 Å². The highest BCUT2D eigenvalue weighted by Crippen LogP contribution is 2.44. The number of aromatic nitrogens is 3. The summed E-state index contributed by atoms with van der Waals surface area (Å²) in [5, 5.41) is 11.5. The highest BCUT2D eigenvalue weighted by molar-refractivity contribution is 7.17. The van der Waals surface area contributed by atoms with Crippen molar-refractivity contribution in [2.24, 2.45) is 0 Å². The summed E-state index contributed by atoms with van der Waals surface area (Å²) >= 11 is 1.30. The molecule has 2 amide bonds. The molecule has 0 aliphatic carbocycles. The number of halogens is 1. The topological polar surface area (TPSA) is 110 Å². The van der Waals surface area contributed by atoms with Gasteiger partial charge in [-0.2, -0.15) is 0 Å². The Bertz CT molecular complexity index is 1920. The monoisotopic (exact) mass is 623 g/mol. The Morgan fingerprint density at radius 2 is 1.87 bits per heavy atom. The molecule has 5 aromatic rings. The average Bonchev–Trinajstić information content (AvgIpc) is 3.84. The number of para-hydroxylation sites is 1. The van der Waals surface area contributed by atoms with Crippen molar-refractivity contribution in [3.05, 3.63) is 105 Å². The predicted molar refractivity (Wildman–Crippen MR) is 167 cm³/mol. The van der Waals surface area contributed by atoms with Crippen molar-refractivity contribution in [2.75, 3.05) is 13.2 Å². The first-order valence-electron chi connectivity index (χ1n) is 14.9. The van der Waals surface area contributed by atoms with Crippen molar-refractivity contribution in [1.82, 2.24) is 25.4 Å². The standard InChI is InChI=1S/C34H30FN5O4S/c1-3-16-40-17-24-30(34(40)42)31(27-14-15-28(45-27)32(41)37-25-18-43-26-7-5-4-6-22(25)26)29(33-39-38-19(2)44-33)23(36-24)13-10-20-8-11-21(35)12-9-20/h4-9,11-12,14-15,25H,3,10,13,16-18H2,1-2H3,(H,37,41). The van der Waals surface area contributed by atoms with Gasteiger partial charge in [0.05, 0.1) is 40.0 Å². The van der Waals surface area contributed by atoms with Crippen molar-refractivity contribution >= 4 is 23.2 Å². The molecule has 228 valence electrons. The molecule has 5 heterocycles. The van der Waals surface area contributed by atoms with E-state index in [1.807, 2.05) is 37.3 Å². The van der Waals surface area contributed by atoms with Crippen molar-refractivity contribution in [3.63, 3.8) is 0 Å². The summed E-state index contributed by atoms with van der Waals surface area (Å²) in [6.45, 7) is 5.09. The van der Waals surface area contributed by atoms with Crippen LogP contribution < -0.4 is 10.1 Å². The van der Waals surface area contributed by atoms with E-state index in [2.05, 4.69) is 15.5 Å². The van der Waals surface area contributed by atoms with E-state index < -0.39 is 0 Å². The van der Waals surface area contributed by atoms with Crippen LogP contribution in [0.25, 0.3) is 21.9 Å². The van der Waals surface area contributed by atoms with Crippen LogP contribution in [-0.2, 0) is 19.4 Å². The molecule has 45 heavy (non-hydrogen) atoms. The highest BCUT2D eigenvalue weighted by atomic mass is 32.1. The van der Waals surface area contributed by atoms with E-state index in [9.17, 15) is 14.0 Å². The zero-order valence-corrected chi connectivity index (χ0v) is 25.6. The number of hydrogen-bond donors (Lipinski definition) is 1. The van der Waals surface area contributed by atoms with E-state index in [0.29, 0.717) is 71.4 Å². The number of nitrogens with zero attached hydrogens (tertiary/aromatic N) is 4. The molecular formula is C34H30FN5O4S. The highest BCUT2D eigenvalue weighted by Gasteiger charge is 2.36. The van der Waals surface area contributed by atoms with Gasteiger partial charge in [0.1, 0.15) is 18.2 Å². The van der Waals surface area contributed by atoms with Crippen molar-refractivity contribution in [1.29, 1.82) is 0 Å². The van der Waals surface area contributed by atoms with Gasteiger partial charge < -0.3 is 19.4 Å². The minimum Gasteiger partial charge on any atom is -0.491 e. The van der Waals surface area contributed by atoms with Gasteiger partial charge >= 0.3 is 0 Å². The van der Waals surface area contributed by atoms with Crippen LogP contribution in [0, 0.1) is 12.7 Å². The summed E-state index contributed by atoms with van der Waals surface area (Å²) in [6, 6.07) is 17.4. The molecule has 0 bridgehead atoms. The van der Waals surface area contributed by atoms with Gasteiger partial charge in [-0.3, -0.25) is 14.6 Å². The number of fused-ring (bicyclic) bond motifs is 2. The van der Waals surface area contributed by atoms with Gasteiger partial charge in [-0.25, -0.2) is 4.39 Å². The minimum absolute atomic E-state index is 0.115. The first kappa shape index (κ1) is 28.8. The Morgan fingerprint density at radius 1 is 1.04 bits per heavy atom. The van der Waals surface area contributed by atoms with Crippen LogP contribution in [0.4, 0.5) is 4.39 Å². The van der Waals surface area contributed by atoms with E-state index in [1.165, 1.54) is 23.5 Å². The number of carbonyl (C=O) groups excluding carboxylic acids is 2. The van der Waals surface area contributed by atoms with Gasteiger partial charge in [0.25, 0.3) is 11.8 Å². The predicted octanol–water partition coefficient (Wildman–Crippen LogP) is 6.32. The lowest BCUT2D eigenvalue weighted by Gasteiger charge is -2.15. The molecule has 0 saturated carbocycles. The Kier molecular flexibility index (Phi) is 7.62. The first-order chi connectivity index (χ1) is 21.9. The van der Waals surface area contributed by atoms with Crippen LogP contribution in [0.5, 0.6) is 5.75 Å². The molecule has 0 radical (unpaired) electrons. The molecule has 0 fully saturated rings. The number of thiophene rings is 1. The number of nitrogens with one attached hydrogen (secondary N) is 1. The minimum atomic E-state index is -0.296. The number of benzene rings is 2. The fourth-order valence-corrected chi connectivity index (χ4v) is 6.94. The van der Waals surface area contributed by atoms with Gasteiger partial charge in [0.15, 0.2) is 0 Å². The number of pyridine rings is 1. The number of hydrogen-bond acceptors (Lipinski definition) is 8. The fraction of sp³-hybridized carbons (Fsp3) is 0.265. The molecule has 3 aromatic heterocycles. The molecule has 11 heteroatoms. The van der Waals surface area contributed by atoms with E-state index in [-0.39, 0.29) is 29.6 Å². The van der Waals surface area contributed by atoms with Crippen LogP contribution in [0.2, 0.25) is 0 Å². The smallest absolute Gasteiger partial charge is 0.261 e. The van der Waals surface area contributed by atoms with E-state index in [1.54, 1.807) is 30.0 Å². The maximum atomic E-state index is 13.9. The third kappa shape index (κ3) is 5.48. The van der Waals surface area contributed by atoms with Crippen LogP contribution >= 0.6 is 11.3 Å². The Balaban J connectivity index is 1.31. The Morgan fingerprint density at radius 3 is 2.64 bits per heavy atom. The van der Waals surface area contributed by atoms with Gasteiger partial charge in [0.2, 0.25) is 11.8 Å². The summed E-state index contributed by atoms with van der Waals surface area (Å²) in [4.78, 5) is 35.4. The fourth-order valence-electron chi connectivity index (χ4n) is 5.97. The molecule has 0 saturated heterocycles. The number of amides is 2. The van der Waals surface area contributed by atoms with Gasteiger partial charge in [-0.05, 0) is 55.2 Å². The van der Waals surface area contributed by atoms with Gasteiger partial charge in [-0.15, -0.1) is 21.5 Å². The van der Waals surface area contributed by atoms with Gasteiger partial charge in [-0.1, -0.05) is 37.3 Å². The van der Waals surface area contributed by atoms with Crippen LogP contribution in [0.1, 0.15) is 67.8 Å². The van der Waals surface area contributed by atoms with E-state index in [0.717, 1.165) is 28.2 Å². The molecule has 2 aromatic carbocycles. The molecule has 1 N–H and O–H groups in total. The molecule has 1 unspecified atom stereocenters. The number of carbonyl (C=O) groups is 2. The number of ether oxygens (including phenoxy) is 1. The number of aryl methyl sites for hydroxylation is 3. The summed E-state index contributed by atoms with van der Waals surface area (Å²) in [5.74, 6) is 0.766. The quantitative estimate of drug-likeness (QED) is 0.205. The average molecular weight is 624 g/mol. The Hall–Kier alpha value is -4.90. The summed E-state index contributed by atoms with van der Waals surface area (Å²) < 4.78 is 25.3. The molecule has 0 spiro atoms. The normalized spacial score (nSPS) is 15.2. The second-order valence-electron chi connectivity index (χ2n) is 11.1. The van der Waals surface area contributed by atoms with Crippen LogP contribution in [0.3, 0.4) is 0 Å². The summed E-state index contributed by atoms with van der Waals surface area (Å²) in [6.07, 6.45) is 1.88. The molecule has 2 aliphatic heterocycles. The number of rotatable bonds is 9. The molecule has 1 atom stereocenters. The molecule has 9 nitrogen and oxygen atoms in total. The lowest BCUT2D eigenvalue weighted by Crippen LogP contribution is -2.28. The third-order valence-electron chi connectivity index (χ3n) is 8.07. The van der Waals surface area contributed by atoms with Gasteiger partial charge in [0, 0.05) is 29.5 Å². The van der Waals surface area contributed by atoms with E-state index in [4.69, 9.17) is 14.1 Å². The first-order valence-corrected chi connectivity index (χ1v) is 15.7. The second kappa shape index (κ2) is 11.9. The third-order valence-corrected chi connectivity index (χ3v) is 9.17. The summed E-state index contributed by atoms with van der Waals surface area (Å²) in [7, 11) is 0. The zero-order valence-electron chi connectivity index (χ0n) is 24.8. The molecule has 2 aliphatic rings. The van der Waals surface area contributed by atoms with Crippen LogP contribution in [-0.4, -0.2) is 45.0 Å². The maximum absolute atomic E-state index is 13.9. The van der Waals surface area contributed by atoms with Crippen molar-refractivity contribution < 1.29 is 23.1 Å².